The van der Waals surface area contributed by atoms with Crippen molar-refractivity contribution < 1.29 is 24.2 Å². The molecule has 0 unspecified atom stereocenters. The van der Waals surface area contributed by atoms with E-state index >= 15 is 0 Å². The summed E-state index contributed by atoms with van der Waals surface area (Å²) in [7, 11) is 0. The van der Waals surface area contributed by atoms with Crippen LogP contribution in [0.2, 0.25) is 0 Å². The van der Waals surface area contributed by atoms with Gasteiger partial charge in [0, 0.05) is 0 Å². The Kier molecular flexibility index (Phi) is 8.07. The number of carbonyl (C=O) groups excluding carboxylic acids is 2. The maximum absolute atomic E-state index is 11.1. The van der Waals surface area contributed by atoms with E-state index in [9.17, 15) is 9.59 Å². The van der Waals surface area contributed by atoms with E-state index in [1.807, 2.05) is 6.79 Å². The molecule has 6 nitrogen and oxygen atoms in total. The Morgan fingerprint density at radius 1 is 1.38 bits per heavy atom. The molecule has 0 aliphatic carbocycles. The number of rotatable bonds is 3. The number of carboxylic acid groups (broad SMARTS) is 1. The summed E-state index contributed by atoms with van der Waals surface area (Å²) < 4.78 is 4.91. The first-order valence-electron chi connectivity index (χ1n) is 4.77. The molecule has 0 saturated heterocycles. The van der Waals surface area contributed by atoms with Crippen molar-refractivity contribution in [3.8, 4) is 0 Å². The quantitative estimate of drug-likeness (QED) is 0.763. The van der Waals surface area contributed by atoms with Crippen molar-refractivity contribution in [3.05, 3.63) is 0 Å². The Bertz CT molecular complexity index is 234. The lowest BCUT2D eigenvalue weighted by Gasteiger charge is -2.21. The molecule has 1 amide bonds. The van der Waals surface area contributed by atoms with Gasteiger partial charge in [-0.1, -0.05) is 6.92 Å². The van der Waals surface area contributed by atoms with Crippen LogP contribution >= 0.6 is 0 Å². The van der Waals surface area contributed by atoms with E-state index in [0.29, 0.717) is 6.42 Å². The maximum atomic E-state index is 11.1. The molecule has 0 aromatic carbocycles. The average Bonchev–Trinajstić information content (AvgIpc) is 2.14. The minimum Gasteiger partial charge on any atom is -0.480 e. The van der Waals surface area contributed by atoms with E-state index < -0.39 is 23.7 Å². The topological polar surface area (TPSA) is 92.7 Å². The second-order valence-corrected chi connectivity index (χ2v) is 3.95. The zero-order valence-corrected chi connectivity index (χ0v) is 10.1. The minimum absolute atomic E-state index is 0.328. The Morgan fingerprint density at radius 3 is 2.06 bits per heavy atom. The van der Waals surface area contributed by atoms with Crippen molar-refractivity contribution in [1.82, 2.24) is 5.32 Å². The largest absolute Gasteiger partial charge is 0.480 e. The summed E-state index contributed by atoms with van der Waals surface area (Å²) in [4.78, 5) is 29.7. The molecule has 0 aromatic rings. The van der Waals surface area contributed by atoms with Crippen molar-refractivity contribution >= 4 is 18.9 Å². The van der Waals surface area contributed by atoms with Gasteiger partial charge < -0.3 is 20.0 Å². The second-order valence-electron chi connectivity index (χ2n) is 3.95. The van der Waals surface area contributed by atoms with Crippen LogP contribution in [0.1, 0.15) is 34.1 Å². The molecular weight excluding hydrogens is 214 g/mol. The molecule has 0 bridgehead atoms. The molecule has 0 fully saturated rings. The van der Waals surface area contributed by atoms with E-state index in [2.05, 4.69) is 5.32 Å². The van der Waals surface area contributed by atoms with Crippen molar-refractivity contribution in [2.45, 2.75) is 45.8 Å². The SMILES string of the molecule is C=O.CC[C@H](NC(=O)OC(C)(C)C)C(=O)O. The molecule has 0 heterocycles. The predicted molar refractivity (Wildman–Crippen MR) is 58.2 cm³/mol. The zero-order valence-electron chi connectivity index (χ0n) is 10.1. The molecule has 0 rings (SSSR count). The van der Waals surface area contributed by atoms with Gasteiger partial charge in [0.15, 0.2) is 0 Å². The van der Waals surface area contributed by atoms with Crippen LogP contribution in [0.15, 0.2) is 0 Å². The van der Waals surface area contributed by atoms with Gasteiger partial charge in [-0.2, -0.15) is 0 Å². The number of aliphatic carboxylic acids is 1. The number of ether oxygens (including phenoxy) is 1. The third kappa shape index (κ3) is 8.98. The highest BCUT2D eigenvalue weighted by molar-refractivity contribution is 5.79. The fraction of sp³-hybridized carbons (Fsp3) is 0.700. The van der Waals surface area contributed by atoms with Crippen molar-refractivity contribution in [1.29, 1.82) is 0 Å². The van der Waals surface area contributed by atoms with Crippen LogP contribution in [0.25, 0.3) is 0 Å². The van der Waals surface area contributed by atoms with Gasteiger partial charge >= 0.3 is 12.1 Å². The Morgan fingerprint density at radius 2 is 1.81 bits per heavy atom. The standard InChI is InChI=1S/C9H17NO4.CH2O/c1-5-6(7(11)12)10-8(13)14-9(2,3)4;1-2/h6H,5H2,1-4H3,(H,10,13)(H,11,12);1H2/t6-;/m0./s1. The molecular formula is C10H19NO5. The summed E-state index contributed by atoms with van der Waals surface area (Å²) in [6.45, 7) is 8.83. The third-order valence-electron chi connectivity index (χ3n) is 1.40. The van der Waals surface area contributed by atoms with E-state index in [4.69, 9.17) is 14.6 Å². The van der Waals surface area contributed by atoms with Gasteiger partial charge in [-0.15, -0.1) is 0 Å². The zero-order chi connectivity index (χ0) is 13.4. The first kappa shape index (κ1) is 16.8. The summed E-state index contributed by atoms with van der Waals surface area (Å²) in [5.41, 5.74) is -0.610. The molecule has 0 saturated carbocycles. The summed E-state index contributed by atoms with van der Waals surface area (Å²) in [5.74, 6) is -1.06. The van der Waals surface area contributed by atoms with Gasteiger partial charge in [0.25, 0.3) is 0 Å². The average molecular weight is 233 g/mol. The van der Waals surface area contributed by atoms with Crippen LogP contribution in [-0.2, 0) is 14.3 Å². The van der Waals surface area contributed by atoms with E-state index in [1.54, 1.807) is 27.7 Å². The van der Waals surface area contributed by atoms with Crippen LogP contribution in [-0.4, -0.2) is 35.6 Å². The summed E-state index contributed by atoms with van der Waals surface area (Å²) >= 11 is 0. The Labute approximate surface area is 95.0 Å². The van der Waals surface area contributed by atoms with E-state index in [-0.39, 0.29) is 0 Å². The van der Waals surface area contributed by atoms with Gasteiger partial charge in [-0.3, -0.25) is 0 Å². The Balaban J connectivity index is 0. The molecule has 0 spiro atoms. The molecule has 94 valence electrons. The highest BCUT2D eigenvalue weighted by Crippen LogP contribution is 2.07. The number of carboxylic acids is 1. The second kappa shape index (κ2) is 7.67. The third-order valence-corrected chi connectivity index (χ3v) is 1.40. The van der Waals surface area contributed by atoms with Gasteiger partial charge in [0.05, 0.1) is 0 Å². The Hall–Kier alpha value is -1.59. The molecule has 2 N–H and O–H groups in total. The van der Waals surface area contributed by atoms with Crippen molar-refractivity contribution in [2.75, 3.05) is 0 Å². The molecule has 6 heteroatoms. The van der Waals surface area contributed by atoms with Crippen LogP contribution in [0.5, 0.6) is 0 Å². The molecule has 0 aromatic heterocycles. The van der Waals surface area contributed by atoms with Crippen LogP contribution in [0.4, 0.5) is 4.79 Å². The molecule has 0 aliphatic rings. The summed E-state index contributed by atoms with van der Waals surface area (Å²) in [6, 6.07) is -0.884. The maximum Gasteiger partial charge on any atom is 0.408 e. The smallest absolute Gasteiger partial charge is 0.408 e. The van der Waals surface area contributed by atoms with Gasteiger partial charge in [0.2, 0.25) is 0 Å². The highest BCUT2D eigenvalue weighted by Gasteiger charge is 2.22. The molecule has 0 radical (unpaired) electrons. The highest BCUT2D eigenvalue weighted by atomic mass is 16.6. The fourth-order valence-corrected chi connectivity index (χ4v) is 0.788. The first-order valence-corrected chi connectivity index (χ1v) is 4.77. The van der Waals surface area contributed by atoms with Gasteiger partial charge in [-0.25, -0.2) is 9.59 Å². The lowest BCUT2D eigenvalue weighted by atomic mass is 10.2. The fourth-order valence-electron chi connectivity index (χ4n) is 0.788. The number of carbonyl (C=O) groups is 3. The summed E-state index contributed by atoms with van der Waals surface area (Å²) in [5, 5.41) is 10.9. The number of alkyl carbamates (subject to hydrolysis) is 1. The van der Waals surface area contributed by atoms with Crippen LogP contribution in [0.3, 0.4) is 0 Å². The lowest BCUT2D eigenvalue weighted by Crippen LogP contribution is -2.43. The molecule has 0 aliphatic heterocycles. The monoisotopic (exact) mass is 233 g/mol. The van der Waals surface area contributed by atoms with Crippen LogP contribution < -0.4 is 5.32 Å². The summed E-state index contributed by atoms with van der Waals surface area (Å²) in [6.07, 6.45) is -0.374. The van der Waals surface area contributed by atoms with Crippen molar-refractivity contribution in [3.63, 3.8) is 0 Å². The first-order chi connectivity index (χ1) is 7.26. The molecule has 1 atom stereocenters. The number of nitrogens with one attached hydrogen (secondary N) is 1. The normalized spacial score (nSPS) is 11.8. The predicted octanol–water partition coefficient (Wildman–Crippen LogP) is 1.19. The van der Waals surface area contributed by atoms with Gasteiger partial charge in [-0.05, 0) is 27.2 Å². The van der Waals surface area contributed by atoms with Gasteiger partial charge in [0.1, 0.15) is 18.4 Å². The number of hydrogen-bond acceptors (Lipinski definition) is 4. The number of amides is 1. The van der Waals surface area contributed by atoms with Crippen LogP contribution in [0, 0.1) is 0 Å². The van der Waals surface area contributed by atoms with E-state index in [1.165, 1.54) is 0 Å². The molecule has 16 heavy (non-hydrogen) atoms. The minimum atomic E-state index is -1.06. The van der Waals surface area contributed by atoms with E-state index in [0.717, 1.165) is 0 Å². The number of hydrogen-bond donors (Lipinski definition) is 2. The lowest BCUT2D eigenvalue weighted by molar-refractivity contribution is -0.139. The van der Waals surface area contributed by atoms with Crippen molar-refractivity contribution in [2.24, 2.45) is 0 Å².